The number of halogens is 2. The number of carboxylic acid groups (broad SMARTS) is 1. The largest absolute Gasteiger partial charge is 0.546 e. The number of hydrogen-bond acceptors (Lipinski definition) is 4. The summed E-state index contributed by atoms with van der Waals surface area (Å²) in [6.07, 6.45) is 2.52. The van der Waals surface area contributed by atoms with E-state index in [9.17, 15) is 19.1 Å². The van der Waals surface area contributed by atoms with Crippen molar-refractivity contribution in [2.75, 3.05) is 6.61 Å². The van der Waals surface area contributed by atoms with Crippen molar-refractivity contribution in [2.45, 2.75) is 0 Å². The molecule has 0 heterocycles. The Hall–Kier alpha value is -2.66. The van der Waals surface area contributed by atoms with Crippen LogP contribution in [0.4, 0.5) is 4.39 Å². The van der Waals surface area contributed by atoms with Crippen LogP contribution in [0.15, 0.2) is 48.5 Å². The van der Waals surface area contributed by atoms with E-state index >= 15 is 0 Å². The molecule has 0 aliphatic carbocycles. The van der Waals surface area contributed by atoms with Crippen LogP contribution in [-0.4, -0.2) is 18.4 Å². The van der Waals surface area contributed by atoms with Gasteiger partial charge in [-0.3, -0.25) is 4.79 Å². The summed E-state index contributed by atoms with van der Waals surface area (Å²) in [6, 6.07) is 10.1. The number of allylic oxidation sites excluding steroid dienone is 1. The number of aliphatic carboxylic acids is 1. The number of rotatable bonds is 6. The molecule has 0 radical (unpaired) electrons. The highest BCUT2D eigenvalue weighted by Crippen LogP contribution is 2.21. The average molecular weight is 334 g/mol. The minimum absolute atomic E-state index is 0.136. The molecule has 6 heteroatoms. The number of hydrogen-bond donors (Lipinski definition) is 0. The number of carbonyl (C=O) groups excluding carboxylic acids is 2. The second kappa shape index (κ2) is 7.56. The van der Waals surface area contributed by atoms with Crippen molar-refractivity contribution in [1.29, 1.82) is 0 Å². The topological polar surface area (TPSA) is 66.4 Å². The van der Waals surface area contributed by atoms with Crippen LogP contribution in [0, 0.1) is 5.82 Å². The van der Waals surface area contributed by atoms with Gasteiger partial charge in [-0.25, -0.2) is 4.39 Å². The first-order valence-corrected chi connectivity index (χ1v) is 6.94. The maximum atomic E-state index is 13.6. The smallest absolute Gasteiger partial charge is 0.185 e. The van der Waals surface area contributed by atoms with Crippen LogP contribution in [0.3, 0.4) is 0 Å². The summed E-state index contributed by atoms with van der Waals surface area (Å²) in [7, 11) is 0. The van der Waals surface area contributed by atoms with E-state index in [0.717, 1.165) is 0 Å². The monoisotopic (exact) mass is 333 g/mol. The van der Waals surface area contributed by atoms with Gasteiger partial charge in [0.25, 0.3) is 0 Å². The van der Waals surface area contributed by atoms with Crippen molar-refractivity contribution in [3.8, 4) is 5.75 Å². The molecular weight excluding hydrogens is 323 g/mol. The van der Waals surface area contributed by atoms with E-state index in [0.29, 0.717) is 11.3 Å². The lowest BCUT2D eigenvalue weighted by Crippen LogP contribution is -2.28. The lowest BCUT2D eigenvalue weighted by atomic mass is 10.1. The zero-order valence-corrected chi connectivity index (χ0v) is 12.5. The molecule has 0 N–H and O–H groups in total. The molecule has 0 fully saturated rings. The summed E-state index contributed by atoms with van der Waals surface area (Å²) in [6.45, 7) is -0.570. The predicted octanol–water partition coefficient (Wildman–Crippen LogP) is 2.50. The maximum Gasteiger partial charge on any atom is 0.185 e. The fourth-order valence-electron chi connectivity index (χ4n) is 1.78. The fraction of sp³-hybridized carbons (Fsp3) is 0.0588. The fourth-order valence-corrected chi connectivity index (χ4v) is 2.01. The maximum absolute atomic E-state index is 13.6. The van der Waals surface area contributed by atoms with E-state index in [4.69, 9.17) is 16.3 Å². The van der Waals surface area contributed by atoms with Gasteiger partial charge in [-0.15, -0.1) is 0 Å². The molecule has 2 aromatic carbocycles. The van der Waals surface area contributed by atoms with Gasteiger partial charge in [-0.1, -0.05) is 17.7 Å². The Bertz CT molecular complexity index is 733. The number of carbonyl (C=O) groups is 2. The number of benzene rings is 2. The van der Waals surface area contributed by atoms with Gasteiger partial charge in [-0.05, 0) is 48.6 Å². The van der Waals surface area contributed by atoms with Gasteiger partial charge in [-0.2, -0.15) is 0 Å². The van der Waals surface area contributed by atoms with Crippen molar-refractivity contribution in [2.24, 2.45) is 0 Å². The van der Waals surface area contributed by atoms with Gasteiger partial charge in [0.05, 0.1) is 11.0 Å². The molecule has 2 rings (SSSR count). The van der Waals surface area contributed by atoms with Crippen molar-refractivity contribution in [3.63, 3.8) is 0 Å². The Kier molecular flexibility index (Phi) is 5.49. The molecule has 0 spiro atoms. The summed E-state index contributed by atoms with van der Waals surface area (Å²) < 4.78 is 18.5. The molecule has 0 amide bonds. The van der Waals surface area contributed by atoms with Gasteiger partial charge in [0.15, 0.2) is 5.78 Å². The molecule has 118 valence electrons. The molecule has 0 saturated carbocycles. The molecule has 0 unspecified atom stereocenters. The van der Waals surface area contributed by atoms with Crippen LogP contribution in [-0.2, 0) is 4.79 Å². The first-order chi connectivity index (χ1) is 11.0. The summed E-state index contributed by atoms with van der Waals surface area (Å²) in [5.41, 5.74) is 0.478. The molecule has 0 aromatic heterocycles. The van der Waals surface area contributed by atoms with Crippen LogP contribution in [0.2, 0.25) is 5.02 Å². The highest BCUT2D eigenvalue weighted by Gasteiger charge is 2.06. The summed E-state index contributed by atoms with van der Waals surface area (Å²) >= 11 is 5.87. The third-order valence-corrected chi connectivity index (χ3v) is 3.23. The highest BCUT2D eigenvalue weighted by molar-refractivity contribution is 6.32. The molecule has 2 aromatic rings. The van der Waals surface area contributed by atoms with E-state index < -0.39 is 18.4 Å². The van der Waals surface area contributed by atoms with Crippen LogP contribution >= 0.6 is 11.6 Å². The normalized spacial score (nSPS) is 10.7. The second-order valence-corrected chi connectivity index (χ2v) is 4.93. The van der Waals surface area contributed by atoms with Crippen LogP contribution in [0.25, 0.3) is 6.08 Å². The van der Waals surface area contributed by atoms with Crippen LogP contribution in [0.5, 0.6) is 5.75 Å². The van der Waals surface area contributed by atoms with Gasteiger partial charge in [0.2, 0.25) is 0 Å². The average Bonchev–Trinajstić information content (AvgIpc) is 2.52. The van der Waals surface area contributed by atoms with Gasteiger partial charge < -0.3 is 14.6 Å². The third kappa shape index (κ3) is 4.66. The zero-order valence-electron chi connectivity index (χ0n) is 11.8. The van der Waals surface area contributed by atoms with E-state index in [1.807, 2.05) is 0 Å². The second-order valence-electron chi connectivity index (χ2n) is 4.52. The van der Waals surface area contributed by atoms with Crippen molar-refractivity contribution >= 4 is 29.4 Å². The van der Waals surface area contributed by atoms with Crippen LogP contribution < -0.4 is 9.84 Å². The third-order valence-electron chi connectivity index (χ3n) is 2.90. The van der Waals surface area contributed by atoms with Gasteiger partial charge in [0, 0.05) is 11.1 Å². The number of ether oxygens (including phenoxy) is 1. The van der Waals surface area contributed by atoms with Gasteiger partial charge in [0.1, 0.15) is 18.2 Å². The molecule has 0 aliphatic rings. The predicted molar refractivity (Wildman–Crippen MR) is 81.7 cm³/mol. The van der Waals surface area contributed by atoms with Crippen molar-refractivity contribution in [1.82, 2.24) is 0 Å². The first-order valence-electron chi connectivity index (χ1n) is 6.56. The summed E-state index contributed by atoms with van der Waals surface area (Å²) in [4.78, 5) is 22.3. The summed E-state index contributed by atoms with van der Waals surface area (Å²) in [5.74, 6) is -1.91. The molecular formula is C17H11ClFO4-. The summed E-state index contributed by atoms with van der Waals surface area (Å²) in [5, 5.41) is 10.5. The van der Waals surface area contributed by atoms with E-state index in [-0.39, 0.29) is 16.4 Å². The first kappa shape index (κ1) is 16.7. The minimum Gasteiger partial charge on any atom is -0.546 e. The SMILES string of the molecule is O=C([O-])COc1ccc(C(=O)/C=C/c2c(F)cccc2Cl)cc1. The van der Waals surface area contributed by atoms with Gasteiger partial charge >= 0.3 is 0 Å². The van der Waals surface area contributed by atoms with E-state index in [2.05, 4.69) is 0 Å². The van der Waals surface area contributed by atoms with E-state index in [1.54, 1.807) is 0 Å². The molecule has 0 atom stereocenters. The Balaban J connectivity index is 2.09. The lowest BCUT2D eigenvalue weighted by Gasteiger charge is -2.06. The molecule has 0 bridgehead atoms. The lowest BCUT2D eigenvalue weighted by molar-refractivity contribution is -0.307. The Morgan fingerprint density at radius 1 is 1.17 bits per heavy atom. The number of carboxylic acids is 1. The molecule has 0 aliphatic heterocycles. The molecule has 23 heavy (non-hydrogen) atoms. The Labute approximate surface area is 136 Å². The van der Waals surface area contributed by atoms with Crippen LogP contribution in [0.1, 0.15) is 15.9 Å². The standard InChI is InChI=1S/C17H12ClFO4/c18-14-2-1-3-15(19)13(14)8-9-16(20)11-4-6-12(7-5-11)23-10-17(21)22/h1-9H,10H2,(H,21,22)/p-1/b9-8+. The Morgan fingerprint density at radius 2 is 1.87 bits per heavy atom. The zero-order chi connectivity index (χ0) is 16.8. The van der Waals surface area contributed by atoms with Crippen molar-refractivity contribution < 1.29 is 23.8 Å². The highest BCUT2D eigenvalue weighted by atomic mass is 35.5. The quantitative estimate of drug-likeness (QED) is 0.602. The minimum atomic E-state index is -1.34. The molecule has 4 nitrogen and oxygen atoms in total. The van der Waals surface area contributed by atoms with Crippen molar-refractivity contribution in [3.05, 3.63) is 70.5 Å². The number of ketones is 1. The molecule has 0 saturated heterocycles. The van der Waals surface area contributed by atoms with E-state index in [1.165, 1.54) is 54.6 Å². The Morgan fingerprint density at radius 3 is 2.48 bits per heavy atom.